The molecule has 3 fully saturated rings. The topological polar surface area (TPSA) is 203 Å². The van der Waals surface area contributed by atoms with Gasteiger partial charge in [0.25, 0.3) is 5.91 Å². The molecule has 18 nitrogen and oxygen atoms in total. The summed E-state index contributed by atoms with van der Waals surface area (Å²) in [6.07, 6.45) is 4.48. The van der Waals surface area contributed by atoms with Gasteiger partial charge >= 0.3 is 12.2 Å². The van der Waals surface area contributed by atoms with Crippen molar-refractivity contribution < 1.29 is 38.8 Å². The van der Waals surface area contributed by atoms with Crippen molar-refractivity contribution in [2.75, 3.05) is 54.0 Å². The van der Waals surface area contributed by atoms with Gasteiger partial charge in [0.2, 0.25) is 16.7 Å². The van der Waals surface area contributed by atoms with Crippen molar-refractivity contribution in [3.8, 4) is 16.9 Å². The number of hydrazine groups is 1. The number of fused-ring (bicyclic) bond motifs is 6. The molecule has 5 aliphatic rings. The van der Waals surface area contributed by atoms with Crippen LogP contribution in [0.4, 0.5) is 4.79 Å². The van der Waals surface area contributed by atoms with Gasteiger partial charge in [-0.2, -0.15) is 5.43 Å². The molecule has 6 bridgehead atoms. The maximum atomic E-state index is 14.8. The van der Waals surface area contributed by atoms with E-state index in [1.54, 1.807) is 43.1 Å². The van der Waals surface area contributed by atoms with Crippen LogP contribution in [0.2, 0.25) is 0 Å². The normalized spacial score (nSPS) is 23.7. The summed E-state index contributed by atoms with van der Waals surface area (Å²) in [5, 5.41) is 19.8. The number of phenols is 1. The van der Waals surface area contributed by atoms with Crippen LogP contribution in [0.1, 0.15) is 90.5 Å². The van der Waals surface area contributed by atoms with Crippen LogP contribution < -0.4 is 16.1 Å². The number of benzene rings is 2. The monoisotopic (exact) mass is 952 g/mol. The number of urea groups is 1. The molecule has 3 aromatic rings. The lowest BCUT2D eigenvalue weighted by Crippen LogP contribution is -2.62. The second kappa shape index (κ2) is 20.2. The highest BCUT2D eigenvalue weighted by molar-refractivity contribution is 5.95. The average molecular weight is 952 g/mol. The summed E-state index contributed by atoms with van der Waals surface area (Å²) in [5.41, 5.74) is 9.97. The first kappa shape index (κ1) is 49.6. The van der Waals surface area contributed by atoms with Gasteiger partial charge in [0.1, 0.15) is 17.8 Å². The van der Waals surface area contributed by atoms with Crippen LogP contribution in [0.25, 0.3) is 27.6 Å². The molecule has 4 N–H and O–H groups in total. The van der Waals surface area contributed by atoms with E-state index in [0.717, 1.165) is 57.4 Å². The summed E-state index contributed by atoms with van der Waals surface area (Å²) in [6.45, 7) is 14.5. The minimum Gasteiger partial charge on any atom is -0.508 e. The van der Waals surface area contributed by atoms with E-state index in [9.17, 15) is 29.2 Å². The van der Waals surface area contributed by atoms with Crippen LogP contribution in [0, 0.1) is 16.2 Å². The van der Waals surface area contributed by atoms with Crippen molar-refractivity contribution in [3.63, 3.8) is 0 Å². The molecule has 0 unspecified atom stereocenters. The highest BCUT2D eigenvalue weighted by Crippen LogP contribution is 2.42. The van der Waals surface area contributed by atoms with E-state index in [-0.39, 0.29) is 61.4 Å². The molecule has 5 amide bonds. The van der Waals surface area contributed by atoms with Crippen molar-refractivity contribution in [1.29, 1.82) is 0 Å². The van der Waals surface area contributed by atoms with E-state index in [1.165, 1.54) is 9.91 Å². The van der Waals surface area contributed by atoms with Gasteiger partial charge in [-0.15, -0.1) is 0 Å². The molecule has 372 valence electrons. The van der Waals surface area contributed by atoms with Gasteiger partial charge in [0, 0.05) is 94.9 Å². The highest BCUT2D eigenvalue weighted by atomic mass is 16.8. The Morgan fingerprint density at radius 3 is 2.57 bits per heavy atom. The molecule has 5 aliphatic heterocycles. The predicted octanol–water partition coefficient (Wildman–Crippen LogP) is 5.00. The number of nitrogens with one attached hydrogen (secondary N) is 3. The van der Waals surface area contributed by atoms with Gasteiger partial charge < -0.3 is 39.7 Å². The predicted molar refractivity (Wildman–Crippen MR) is 263 cm³/mol. The fraction of sp³-hybridized carbons (Fsp3) is 0.588. The number of aryl methyl sites for hydroxylation is 1. The Labute approximate surface area is 404 Å². The number of amides is 5. The molecular weight excluding hydrogens is 881 g/mol. The molecule has 0 saturated carbocycles. The van der Waals surface area contributed by atoms with Crippen LogP contribution in [0.5, 0.6) is 5.75 Å². The lowest BCUT2D eigenvalue weighted by atomic mass is 9.83. The number of methoxy groups -OCH3 is 1. The Hall–Kier alpha value is -5.85. The third-order valence-electron chi connectivity index (χ3n) is 14.5. The van der Waals surface area contributed by atoms with E-state index >= 15 is 0 Å². The number of carbonyl (C=O) groups excluding carboxylic acids is 4. The fourth-order valence-corrected chi connectivity index (χ4v) is 10.7. The van der Waals surface area contributed by atoms with Crippen LogP contribution in [0.15, 0.2) is 47.1 Å². The molecule has 8 rings (SSSR count). The summed E-state index contributed by atoms with van der Waals surface area (Å²) in [7, 11) is 5.05. The Morgan fingerprint density at radius 2 is 1.86 bits per heavy atom. The number of aromatic hydroxyl groups is 1. The van der Waals surface area contributed by atoms with Crippen LogP contribution in [0.3, 0.4) is 0 Å². The van der Waals surface area contributed by atoms with Gasteiger partial charge in [-0.1, -0.05) is 39.8 Å². The lowest BCUT2D eigenvalue weighted by Gasteiger charge is -2.36. The van der Waals surface area contributed by atoms with Gasteiger partial charge in [0.15, 0.2) is 6.61 Å². The summed E-state index contributed by atoms with van der Waals surface area (Å²) in [6, 6.07) is 8.75. The highest BCUT2D eigenvalue weighted by Gasteiger charge is 2.43. The largest absolute Gasteiger partial charge is 0.508 e. The number of ether oxygens (including phenoxy) is 1. The van der Waals surface area contributed by atoms with Crippen molar-refractivity contribution in [1.82, 2.24) is 40.3 Å². The first-order chi connectivity index (χ1) is 32.9. The number of aromatic nitrogens is 1. The standard InChI is InChI=1S/C51H70N10O8/c1-10-59-42-16-15-33-25-38(42)39(46(59)37-13-11-18-52-44(37)31(4)68-9)26-51(5,6)29-69-61(67)43-14-12-19-60(55-43)49(65)40(23-32-21-34(33)24-36(62)22-32)54-47(63)45(30(2)3)57(8)50(66)58-20-17-35(28-58)56(7)48(64)41-27-53-41/h15-16,18,21-22,24-25,30-31,35,40-41,43,45,53,55H,10-14,17,19-20,23,26-29H2,1-9H3,(H-,54,62,63)/p+1/t31-,35-,40-,41-,43+,45-/m0/s1. The summed E-state index contributed by atoms with van der Waals surface area (Å²) in [5.74, 6) is -1.35. The molecule has 1 aromatic heterocycles. The zero-order chi connectivity index (χ0) is 49.5. The molecule has 69 heavy (non-hydrogen) atoms. The van der Waals surface area contributed by atoms with Crippen molar-refractivity contribution in [2.45, 2.75) is 129 Å². The molecule has 0 spiro atoms. The minimum atomic E-state index is -1.17. The lowest BCUT2D eigenvalue weighted by molar-refractivity contribution is -0.835. The number of carbonyl (C=O) groups is 4. The molecule has 6 heterocycles. The zero-order valence-corrected chi connectivity index (χ0v) is 41.7. The van der Waals surface area contributed by atoms with Crippen LogP contribution >= 0.6 is 0 Å². The Kier molecular flexibility index (Phi) is 14.5. The van der Waals surface area contributed by atoms with Gasteiger partial charge in [-0.3, -0.25) is 24.4 Å². The first-order valence-electron chi connectivity index (χ1n) is 24.7. The minimum absolute atomic E-state index is 0.00327. The third-order valence-corrected chi connectivity index (χ3v) is 14.5. The molecule has 18 heteroatoms. The summed E-state index contributed by atoms with van der Waals surface area (Å²) < 4.78 is 8.19. The number of aliphatic imine (C=N–C) groups is 1. The smallest absolute Gasteiger partial charge is 0.326 e. The summed E-state index contributed by atoms with van der Waals surface area (Å²) >= 11 is 0. The van der Waals surface area contributed by atoms with Gasteiger partial charge in [0.05, 0.1) is 34.5 Å². The van der Waals surface area contributed by atoms with Gasteiger partial charge in [-0.05, 0) is 98.4 Å². The fourth-order valence-electron chi connectivity index (χ4n) is 10.7. The average Bonchev–Trinajstić information content (AvgIpc) is 3.99. The van der Waals surface area contributed by atoms with E-state index < -0.39 is 35.5 Å². The Morgan fingerprint density at radius 1 is 1.09 bits per heavy atom. The number of hydrogen-bond donors (Lipinski definition) is 4. The molecule has 2 aromatic carbocycles. The maximum Gasteiger partial charge on any atom is 0.326 e. The third kappa shape index (κ3) is 10.4. The van der Waals surface area contributed by atoms with Crippen molar-refractivity contribution in [2.24, 2.45) is 16.3 Å². The number of likely N-dealkylation sites (tertiary alicyclic amines) is 1. The van der Waals surface area contributed by atoms with Gasteiger partial charge in [-0.25, -0.2) is 9.63 Å². The quantitative estimate of drug-likeness (QED) is 0.201. The van der Waals surface area contributed by atoms with Crippen LogP contribution in [-0.4, -0.2) is 155 Å². The number of hydrogen-bond acceptors (Lipinski definition) is 11. The molecule has 0 radical (unpaired) electrons. The summed E-state index contributed by atoms with van der Waals surface area (Å²) in [4.78, 5) is 86.5. The SMILES string of the molecule is CCn1c(C2=C([C@H](C)OC)N=CCC2)c2c3cc(ccc31)-c1cc(O)cc(c1)C[C@H](NC(=O)[C@H](C(C)C)N(C)C(=O)N1CC[C@H](N(C)C(=O)[C@@H]3CN3)C1)C(=O)N1CCC[C@H](N1)[N+](=O)OCC(C)(C)C2. The molecule has 3 saturated heterocycles. The number of rotatable bonds is 10. The van der Waals surface area contributed by atoms with E-state index in [4.69, 9.17) is 14.6 Å². The molecular formula is C51H71N10O8+. The number of nitrogens with zero attached hydrogens (tertiary/aromatic N) is 7. The number of allylic oxidation sites excluding steroid dienone is 1. The van der Waals surface area contributed by atoms with Crippen LogP contribution in [-0.2, 0) is 43.3 Å². The van der Waals surface area contributed by atoms with E-state index in [0.29, 0.717) is 62.3 Å². The molecule has 6 atom stereocenters. The van der Waals surface area contributed by atoms with Crippen molar-refractivity contribution in [3.05, 3.63) is 63.8 Å². The second-order valence-electron chi connectivity index (χ2n) is 20.6. The molecule has 0 aliphatic carbocycles. The number of likely N-dealkylation sites (N-methyl/N-ethyl adjacent to an activating group) is 2. The number of phenolic OH excluding ortho intramolecular Hbond substituents is 1. The second-order valence-corrected chi connectivity index (χ2v) is 20.6. The van der Waals surface area contributed by atoms with Crippen molar-refractivity contribution >= 4 is 46.4 Å². The van der Waals surface area contributed by atoms with E-state index in [2.05, 4.69) is 53.5 Å². The van der Waals surface area contributed by atoms with E-state index in [1.807, 2.05) is 39.1 Å². The Balaban J connectivity index is 1.16. The zero-order valence-electron chi connectivity index (χ0n) is 41.7. The first-order valence-corrected chi connectivity index (χ1v) is 24.7. The Bertz CT molecular complexity index is 2550. The maximum absolute atomic E-state index is 14.8.